The third-order valence-corrected chi connectivity index (χ3v) is 7.84. The van der Waals surface area contributed by atoms with Gasteiger partial charge < -0.3 is 0 Å². The predicted octanol–water partition coefficient (Wildman–Crippen LogP) is 5.90. The minimum absolute atomic E-state index is 0.420. The summed E-state index contributed by atoms with van der Waals surface area (Å²) < 4.78 is 0. The summed E-state index contributed by atoms with van der Waals surface area (Å²) in [7, 11) is 0. The highest BCUT2D eigenvalue weighted by Gasteiger charge is 2.55. The van der Waals surface area contributed by atoms with E-state index in [1.165, 1.54) is 57.8 Å². The molecule has 0 saturated heterocycles. The van der Waals surface area contributed by atoms with E-state index < -0.39 is 0 Å². The van der Waals surface area contributed by atoms with Crippen LogP contribution in [0.15, 0.2) is 23.8 Å². The summed E-state index contributed by atoms with van der Waals surface area (Å²) in [6.45, 7) is 5.02. The Labute approximate surface area is 124 Å². The Morgan fingerprint density at radius 3 is 2.90 bits per heavy atom. The van der Waals surface area contributed by atoms with Gasteiger partial charge in [-0.15, -0.1) is 0 Å². The summed E-state index contributed by atoms with van der Waals surface area (Å²) in [5.41, 5.74) is 2.95. The molecule has 0 spiro atoms. The molecule has 0 amide bonds. The van der Waals surface area contributed by atoms with Gasteiger partial charge in [0.25, 0.3) is 0 Å². The highest BCUT2D eigenvalue weighted by molar-refractivity contribution is 5.31. The third-order valence-electron chi connectivity index (χ3n) is 7.84. The Bertz CT molecular complexity index is 457. The van der Waals surface area contributed by atoms with Gasteiger partial charge in [0, 0.05) is 5.41 Å². The van der Waals surface area contributed by atoms with Crippen LogP contribution in [-0.4, -0.2) is 0 Å². The molecule has 0 aromatic heterocycles. The van der Waals surface area contributed by atoms with Crippen molar-refractivity contribution in [2.45, 2.75) is 71.6 Å². The Morgan fingerprint density at radius 2 is 2.05 bits per heavy atom. The van der Waals surface area contributed by atoms with Crippen molar-refractivity contribution in [1.29, 1.82) is 0 Å². The predicted molar refractivity (Wildman–Crippen MR) is 85.5 cm³/mol. The quantitative estimate of drug-likeness (QED) is 0.521. The summed E-state index contributed by atoms with van der Waals surface area (Å²) in [5, 5.41) is 0. The van der Waals surface area contributed by atoms with Crippen molar-refractivity contribution in [2.24, 2.45) is 28.6 Å². The van der Waals surface area contributed by atoms with Gasteiger partial charge in [-0.2, -0.15) is 0 Å². The first kappa shape index (κ1) is 13.2. The van der Waals surface area contributed by atoms with Gasteiger partial charge in [-0.25, -0.2) is 0 Å². The molecule has 0 nitrogen and oxygen atoms in total. The van der Waals surface area contributed by atoms with Crippen molar-refractivity contribution in [2.75, 3.05) is 0 Å². The maximum absolute atomic E-state index is 2.59. The van der Waals surface area contributed by atoms with Crippen molar-refractivity contribution in [1.82, 2.24) is 0 Å². The van der Waals surface area contributed by atoms with Gasteiger partial charge >= 0.3 is 0 Å². The maximum Gasteiger partial charge on any atom is 0.00936 e. The Kier molecular flexibility index (Phi) is 2.95. The maximum atomic E-state index is 2.59. The van der Waals surface area contributed by atoms with E-state index in [4.69, 9.17) is 0 Å². The van der Waals surface area contributed by atoms with E-state index in [2.05, 4.69) is 32.1 Å². The fourth-order valence-corrected chi connectivity index (χ4v) is 6.75. The molecule has 4 rings (SSSR count). The molecule has 4 aliphatic rings. The van der Waals surface area contributed by atoms with Crippen molar-refractivity contribution < 1.29 is 0 Å². The molecule has 0 aromatic carbocycles. The summed E-state index contributed by atoms with van der Waals surface area (Å²) in [5.74, 6) is 3.03. The lowest BCUT2D eigenvalue weighted by atomic mass is 9.48. The van der Waals surface area contributed by atoms with E-state index in [0.717, 1.165) is 23.2 Å². The normalized spacial score (nSPS) is 50.1. The minimum Gasteiger partial charge on any atom is -0.0839 e. The van der Waals surface area contributed by atoms with Crippen LogP contribution in [0.4, 0.5) is 0 Å². The van der Waals surface area contributed by atoms with Crippen molar-refractivity contribution >= 4 is 0 Å². The molecule has 0 aliphatic heterocycles. The van der Waals surface area contributed by atoms with Crippen LogP contribution in [-0.2, 0) is 0 Å². The van der Waals surface area contributed by atoms with E-state index in [1.807, 2.05) is 0 Å². The zero-order valence-electron chi connectivity index (χ0n) is 13.3. The third kappa shape index (κ3) is 1.60. The fraction of sp³-hybridized carbons (Fsp3) is 0.800. The van der Waals surface area contributed by atoms with E-state index in [-0.39, 0.29) is 0 Å². The molecule has 20 heavy (non-hydrogen) atoms. The van der Waals surface area contributed by atoms with Crippen LogP contribution in [0.2, 0.25) is 0 Å². The monoisotopic (exact) mass is 270 g/mol. The molecule has 0 radical (unpaired) electrons. The molecular formula is C20H30. The SMILES string of the molecule is CC[C@@]12CCC[C@H]1[C@@H]1CCC3=CCC=C[C@]3(C)[C@H]1CC2. The van der Waals surface area contributed by atoms with Gasteiger partial charge in [0.05, 0.1) is 0 Å². The molecule has 0 heteroatoms. The number of hydrogen-bond donors (Lipinski definition) is 0. The Morgan fingerprint density at radius 1 is 1.15 bits per heavy atom. The lowest BCUT2D eigenvalue weighted by molar-refractivity contribution is -0.0268. The second-order valence-corrected chi connectivity index (χ2v) is 8.21. The van der Waals surface area contributed by atoms with Gasteiger partial charge in [-0.3, -0.25) is 0 Å². The molecule has 0 aromatic rings. The molecule has 0 N–H and O–H groups in total. The van der Waals surface area contributed by atoms with Gasteiger partial charge in [-0.05, 0) is 68.1 Å². The molecule has 3 saturated carbocycles. The van der Waals surface area contributed by atoms with Crippen LogP contribution in [0, 0.1) is 28.6 Å². The molecule has 4 aliphatic carbocycles. The summed E-state index contributed by atoms with van der Waals surface area (Å²) >= 11 is 0. The average Bonchev–Trinajstić information content (AvgIpc) is 2.91. The summed E-state index contributed by atoms with van der Waals surface area (Å²) in [6.07, 6.45) is 20.7. The van der Waals surface area contributed by atoms with Crippen molar-refractivity contribution in [3.8, 4) is 0 Å². The molecule has 0 unspecified atom stereocenters. The number of fused-ring (bicyclic) bond motifs is 5. The first-order valence-electron chi connectivity index (χ1n) is 9.07. The fourth-order valence-electron chi connectivity index (χ4n) is 6.75. The second-order valence-electron chi connectivity index (χ2n) is 8.21. The van der Waals surface area contributed by atoms with E-state index in [1.54, 1.807) is 5.57 Å². The van der Waals surface area contributed by atoms with Gasteiger partial charge in [0.2, 0.25) is 0 Å². The van der Waals surface area contributed by atoms with Gasteiger partial charge in [0.15, 0.2) is 0 Å². The van der Waals surface area contributed by atoms with E-state index in [0.29, 0.717) is 5.41 Å². The summed E-state index contributed by atoms with van der Waals surface area (Å²) in [4.78, 5) is 0. The van der Waals surface area contributed by atoms with Crippen LogP contribution >= 0.6 is 0 Å². The smallest absolute Gasteiger partial charge is 0.00936 e. The average molecular weight is 270 g/mol. The lowest BCUT2D eigenvalue weighted by Gasteiger charge is -2.57. The van der Waals surface area contributed by atoms with Crippen LogP contribution < -0.4 is 0 Å². The topological polar surface area (TPSA) is 0 Å². The zero-order valence-corrected chi connectivity index (χ0v) is 13.3. The minimum atomic E-state index is 0.420. The molecule has 110 valence electrons. The standard InChI is InChI=1S/C20H30/c1-3-20-13-6-8-18(20)16-10-9-15-7-4-5-12-19(15,2)17(16)11-14-20/h5,7,12,16-18H,3-4,6,8-11,13-14H2,1-2H3/t16-,17+,18+,19+,20+/m1/s1. The van der Waals surface area contributed by atoms with Crippen LogP contribution in [0.5, 0.6) is 0 Å². The van der Waals surface area contributed by atoms with Gasteiger partial charge in [0.1, 0.15) is 0 Å². The zero-order chi connectivity index (χ0) is 13.8. The van der Waals surface area contributed by atoms with Crippen LogP contribution in [0.1, 0.15) is 71.6 Å². The first-order valence-corrected chi connectivity index (χ1v) is 9.07. The highest BCUT2D eigenvalue weighted by atomic mass is 14.6. The number of allylic oxidation sites excluding steroid dienone is 4. The Balaban J connectivity index is 1.69. The van der Waals surface area contributed by atoms with E-state index in [9.17, 15) is 0 Å². The van der Waals surface area contributed by atoms with Crippen LogP contribution in [0.25, 0.3) is 0 Å². The van der Waals surface area contributed by atoms with Crippen LogP contribution in [0.3, 0.4) is 0 Å². The summed E-state index contributed by atoms with van der Waals surface area (Å²) in [6, 6.07) is 0. The lowest BCUT2D eigenvalue weighted by Crippen LogP contribution is -2.48. The molecule has 5 atom stereocenters. The number of hydrogen-bond acceptors (Lipinski definition) is 0. The van der Waals surface area contributed by atoms with E-state index >= 15 is 0 Å². The first-order chi connectivity index (χ1) is 9.70. The van der Waals surface area contributed by atoms with Crippen molar-refractivity contribution in [3.05, 3.63) is 23.8 Å². The van der Waals surface area contributed by atoms with Gasteiger partial charge in [-0.1, -0.05) is 50.5 Å². The molecule has 3 fully saturated rings. The highest BCUT2D eigenvalue weighted by Crippen LogP contribution is 2.65. The largest absolute Gasteiger partial charge is 0.0839 e. The molecule has 0 heterocycles. The molecule has 0 bridgehead atoms. The Hall–Kier alpha value is -0.520. The second kappa shape index (κ2) is 4.49. The molecular weight excluding hydrogens is 240 g/mol. The number of rotatable bonds is 1. The van der Waals surface area contributed by atoms with Crippen molar-refractivity contribution in [3.63, 3.8) is 0 Å².